The summed E-state index contributed by atoms with van der Waals surface area (Å²) in [6, 6.07) is 4.09. The van der Waals surface area contributed by atoms with Gasteiger partial charge >= 0.3 is 0 Å². The average Bonchev–Trinajstić information content (AvgIpc) is 2.40. The van der Waals surface area contributed by atoms with E-state index in [0.717, 1.165) is 30.3 Å². The first-order valence-electron chi connectivity index (χ1n) is 6.09. The Kier molecular flexibility index (Phi) is 3.81. The van der Waals surface area contributed by atoms with Gasteiger partial charge in [0.25, 0.3) is 0 Å². The molecule has 17 heavy (non-hydrogen) atoms. The van der Waals surface area contributed by atoms with Crippen molar-refractivity contribution in [2.45, 2.75) is 19.3 Å². The molecule has 1 aromatic rings. The van der Waals surface area contributed by atoms with Crippen LogP contribution in [-0.2, 0) is 0 Å². The van der Waals surface area contributed by atoms with Crippen molar-refractivity contribution in [3.8, 4) is 0 Å². The molecule has 0 saturated carbocycles. The minimum absolute atomic E-state index is 0.789. The van der Waals surface area contributed by atoms with Gasteiger partial charge in [-0.3, -0.25) is 0 Å². The number of pyridine rings is 1. The molecule has 1 aromatic heterocycles. The van der Waals surface area contributed by atoms with Crippen LogP contribution in [0.5, 0.6) is 0 Å². The predicted molar refractivity (Wildman–Crippen MR) is 73.3 cm³/mol. The maximum Gasteiger partial charge on any atom is 0.128 e. The molecule has 0 amide bonds. The molecule has 0 bridgehead atoms. The minimum atomic E-state index is 0.789. The molecule has 3 heteroatoms. The van der Waals surface area contributed by atoms with Crippen molar-refractivity contribution < 1.29 is 0 Å². The van der Waals surface area contributed by atoms with Crippen LogP contribution in [0.15, 0.2) is 43.3 Å². The van der Waals surface area contributed by atoms with Gasteiger partial charge in [0.15, 0.2) is 0 Å². The normalized spacial score (nSPS) is 15.4. The Morgan fingerprint density at radius 2 is 2.06 bits per heavy atom. The Hall–Kier alpha value is -1.77. The molecule has 2 heterocycles. The van der Waals surface area contributed by atoms with Crippen molar-refractivity contribution in [2.75, 3.05) is 23.3 Å². The summed E-state index contributed by atoms with van der Waals surface area (Å²) in [5.74, 6) is 1.07. The number of aromatic nitrogens is 1. The van der Waals surface area contributed by atoms with E-state index in [9.17, 15) is 0 Å². The molecule has 3 nitrogen and oxygen atoms in total. The van der Waals surface area contributed by atoms with Gasteiger partial charge in [-0.25, -0.2) is 4.98 Å². The van der Waals surface area contributed by atoms with Crippen LogP contribution in [0.1, 0.15) is 19.3 Å². The van der Waals surface area contributed by atoms with Crippen LogP contribution in [0.4, 0.5) is 11.5 Å². The van der Waals surface area contributed by atoms with Crippen LogP contribution in [-0.4, -0.2) is 18.1 Å². The highest BCUT2D eigenvalue weighted by molar-refractivity contribution is 5.52. The van der Waals surface area contributed by atoms with Crippen LogP contribution in [0.25, 0.3) is 0 Å². The molecule has 0 radical (unpaired) electrons. The van der Waals surface area contributed by atoms with Gasteiger partial charge < -0.3 is 10.2 Å². The number of hydrogen-bond acceptors (Lipinski definition) is 3. The molecule has 2 rings (SSSR count). The van der Waals surface area contributed by atoms with Gasteiger partial charge in [0.1, 0.15) is 5.82 Å². The van der Waals surface area contributed by atoms with Crippen LogP contribution >= 0.6 is 0 Å². The summed E-state index contributed by atoms with van der Waals surface area (Å²) >= 11 is 0. The van der Waals surface area contributed by atoms with Crippen molar-refractivity contribution in [3.05, 3.63) is 43.3 Å². The van der Waals surface area contributed by atoms with E-state index in [-0.39, 0.29) is 0 Å². The van der Waals surface area contributed by atoms with Crippen LogP contribution in [0.3, 0.4) is 0 Å². The number of nitrogens with one attached hydrogen (secondary N) is 1. The molecule has 1 aliphatic heterocycles. The standard InChI is InChI=1S/C14H19N3/c1-3-12(2)16-13-7-8-14(15-11-13)17-9-5-4-6-10-17/h3,7-8,11,16H,1-2,4-6,9-10H2. The maximum absolute atomic E-state index is 4.48. The highest BCUT2D eigenvalue weighted by atomic mass is 15.2. The summed E-state index contributed by atoms with van der Waals surface area (Å²) in [5, 5.41) is 3.13. The lowest BCUT2D eigenvalue weighted by Gasteiger charge is -2.27. The molecule has 0 unspecified atom stereocenters. The lowest BCUT2D eigenvalue weighted by molar-refractivity contribution is 0.573. The number of hydrogen-bond donors (Lipinski definition) is 1. The molecule has 1 aliphatic rings. The topological polar surface area (TPSA) is 28.2 Å². The first kappa shape index (κ1) is 11.7. The second kappa shape index (κ2) is 5.53. The molecule has 0 aromatic carbocycles. The summed E-state index contributed by atoms with van der Waals surface area (Å²) in [6.07, 6.45) is 7.43. The first-order valence-corrected chi connectivity index (χ1v) is 6.09. The second-order valence-electron chi connectivity index (χ2n) is 4.31. The van der Waals surface area contributed by atoms with Gasteiger partial charge in [-0.05, 0) is 37.5 Å². The zero-order valence-corrected chi connectivity index (χ0v) is 10.2. The molecule has 0 atom stereocenters. The predicted octanol–water partition coefficient (Wildman–Crippen LogP) is 3.18. The number of piperidine rings is 1. The van der Waals surface area contributed by atoms with Gasteiger partial charge in [0.2, 0.25) is 0 Å². The zero-order chi connectivity index (χ0) is 12.1. The third-order valence-electron chi connectivity index (χ3n) is 2.98. The van der Waals surface area contributed by atoms with Crippen molar-refractivity contribution in [3.63, 3.8) is 0 Å². The largest absolute Gasteiger partial charge is 0.357 e. The van der Waals surface area contributed by atoms with E-state index >= 15 is 0 Å². The third kappa shape index (κ3) is 3.09. The Morgan fingerprint density at radius 1 is 1.29 bits per heavy atom. The fraction of sp³-hybridized carbons (Fsp3) is 0.357. The minimum Gasteiger partial charge on any atom is -0.357 e. The SMILES string of the molecule is C=CC(=C)Nc1ccc(N2CCCCC2)nc1. The van der Waals surface area contributed by atoms with Gasteiger partial charge in [-0.2, -0.15) is 0 Å². The van der Waals surface area contributed by atoms with E-state index in [0.29, 0.717) is 0 Å². The number of anilines is 2. The Balaban J connectivity index is 2.01. The third-order valence-corrected chi connectivity index (χ3v) is 2.98. The Morgan fingerprint density at radius 3 is 2.65 bits per heavy atom. The van der Waals surface area contributed by atoms with Crippen LogP contribution in [0, 0.1) is 0 Å². The Labute approximate surface area is 103 Å². The fourth-order valence-electron chi connectivity index (χ4n) is 2.01. The summed E-state index contributed by atoms with van der Waals surface area (Å²) in [5.41, 5.74) is 1.74. The second-order valence-corrected chi connectivity index (χ2v) is 4.31. The van der Waals surface area contributed by atoms with Crippen molar-refractivity contribution >= 4 is 11.5 Å². The van der Waals surface area contributed by atoms with Crippen LogP contribution in [0.2, 0.25) is 0 Å². The highest BCUT2D eigenvalue weighted by Gasteiger charge is 2.11. The van der Waals surface area contributed by atoms with E-state index in [1.165, 1.54) is 19.3 Å². The molecule has 1 fully saturated rings. The molecular formula is C14H19N3. The van der Waals surface area contributed by atoms with E-state index < -0.39 is 0 Å². The smallest absolute Gasteiger partial charge is 0.128 e. The summed E-state index contributed by atoms with van der Waals surface area (Å²) in [4.78, 5) is 6.82. The summed E-state index contributed by atoms with van der Waals surface area (Å²) < 4.78 is 0. The quantitative estimate of drug-likeness (QED) is 0.804. The lowest BCUT2D eigenvalue weighted by atomic mass is 10.1. The molecule has 1 saturated heterocycles. The molecule has 0 aliphatic carbocycles. The lowest BCUT2D eigenvalue weighted by Crippen LogP contribution is -2.30. The molecule has 1 N–H and O–H groups in total. The van der Waals surface area contributed by atoms with Gasteiger partial charge in [-0.15, -0.1) is 0 Å². The van der Waals surface area contributed by atoms with E-state index in [1.54, 1.807) is 6.08 Å². The van der Waals surface area contributed by atoms with E-state index in [4.69, 9.17) is 0 Å². The zero-order valence-electron chi connectivity index (χ0n) is 10.2. The summed E-state index contributed by atoms with van der Waals surface area (Å²) in [7, 11) is 0. The number of rotatable bonds is 4. The maximum atomic E-state index is 4.48. The van der Waals surface area contributed by atoms with Gasteiger partial charge in [0, 0.05) is 18.8 Å². The number of nitrogens with zero attached hydrogens (tertiary/aromatic N) is 2. The number of allylic oxidation sites excluding steroid dienone is 1. The molecule has 0 spiro atoms. The van der Waals surface area contributed by atoms with Gasteiger partial charge in [-0.1, -0.05) is 13.2 Å². The van der Waals surface area contributed by atoms with Crippen molar-refractivity contribution in [2.24, 2.45) is 0 Å². The fourth-order valence-corrected chi connectivity index (χ4v) is 2.01. The highest BCUT2D eigenvalue weighted by Crippen LogP contribution is 2.19. The van der Waals surface area contributed by atoms with Crippen molar-refractivity contribution in [1.82, 2.24) is 4.98 Å². The first-order chi connectivity index (χ1) is 8.29. The van der Waals surface area contributed by atoms with E-state index in [2.05, 4.69) is 34.4 Å². The van der Waals surface area contributed by atoms with E-state index in [1.807, 2.05) is 12.3 Å². The molecular weight excluding hydrogens is 210 g/mol. The Bertz CT molecular complexity index is 388. The average molecular weight is 229 g/mol. The molecule has 90 valence electrons. The monoisotopic (exact) mass is 229 g/mol. The van der Waals surface area contributed by atoms with Crippen LogP contribution < -0.4 is 10.2 Å². The van der Waals surface area contributed by atoms with Crippen molar-refractivity contribution in [1.29, 1.82) is 0 Å². The van der Waals surface area contributed by atoms with Gasteiger partial charge in [0.05, 0.1) is 11.9 Å². The summed E-state index contributed by atoms with van der Waals surface area (Å²) in [6.45, 7) is 9.72.